The van der Waals surface area contributed by atoms with Crippen molar-refractivity contribution in [3.63, 3.8) is 0 Å². The zero-order valence-electron chi connectivity index (χ0n) is 10.3. The summed E-state index contributed by atoms with van der Waals surface area (Å²) >= 11 is 0. The minimum absolute atomic E-state index is 0.0210. The fraction of sp³-hybridized carbons (Fsp3) is 0.357. The minimum Gasteiger partial charge on any atom is -0.351 e. The van der Waals surface area contributed by atoms with E-state index in [2.05, 4.69) is 23.3 Å². The molecule has 0 aliphatic carbocycles. The van der Waals surface area contributed by atoms with Crippen molar-refractivity contribution in [2.24, 2.45) is 0 Å². The molecule has 0 saturated carbocycles. The van der Waals surface area contributed by atoms with Crippen LogP contribution in [0.5, 0.6) is 0 Å². The van der Waals surface area contributed by atoms with Gasteiger partial charge < -0.3 is 10.3 Å². The van der Waals surface area contributed by atoms with Gasteiger partial charge in [0.25, 0.3) is 5.91 Å². The summed E-state index contributed by atoms with van der Waals surface area (Å²) in [6.07, 6.45) is 2.11. The Morgan fingerprint density at radius 1 is 1.35 bits per heavy atom. The Labute approximate surface area is 101 Å². The number of aromatic nitrogens is 1. The molecule has 3 nitrogen and oxygen atoms in total. The van der Waals surface area contributed by atoms with Crippen molar-refractivity contribution in [1.29, 1.82) is 0 Å². The highest BCUT2D eigenvalue weighted by molar-refractivity contribution is 5.98. The van der Waals surface area contributed by atoms with Crippen LogP contribution in [0.15, 0.2) is 24.3 Å². The van der Waals surface area contributed by atoms with Crippen molar-refractivity contribution in [2.75, 3.05) is 6.54 Å². The molecule has 1 amide bonds. The molecular weight excluding hydrogens is 212 g/mol. The fourth-order valence-corrected chi connectivity index (χ4v) is 1.85. The summed E-state index contributed by atoms with van der Waals surface area (Å²) in [5.74, 6) is -0.0210. The van der Waals surface area contributed by atoms with Gasteiger partial charge in [-0.15, -0.1) is 0 Å². The van der Waals surface area contributed by atoms with Gasteiger partial charge in [0.15, 0.2) is 0 Å². The van der Waals surface area contributed by atoms with Crippen LogP contribution < -0.4 is 5.32 Å². The number of benzene rings is 1. The number of aryl methyl sites for hydroxylation is 1. The maximum atomic E-state index is 11.8. The number of H-pyrrole nitrogens is 1. The van der Waals surface area contributed by atoms with Gasteiger partial charge in [0.1, 0.15) is 5.69 Å². The normalized spacial score (nSPS) is 10.7. The molecule has 2 rings (SSSR count). The van der Waals surface area contributed by atoms with Gasteiger partial charge in [-0.3, -0.25) is 4.79 Å². The average Bonchev–Trinajstić information content (AvgIpc) is 2.72. The van der Waals surface area contributed by atoms with E-state index in [0.29, 0.717) is 5.69 Å². The molecule has 0 spiro atoms. The van der Waals surface area contributed by atoms with Crippen molar-refractivity contribution in [2.45, 2.75) is 26.7 Å². The number of amides is 1. The highest BCUT2D eigenvalue weighted by Gasteiger charge is 2.08. The number of carbonyl (C=O) groups excluding carboxylic acids is 1. The number of aromatic amines is 1. The van der Waals surface area contributed by atoms with Crippen LogP contribution in [0, 0.1) is 6.92 Å². The molecule has 1 heterocycles. The molecule has 0 bridgehead atoms. The van der Waals surface area contributed by atoms with Crippen LogP contribution >= 0.6 is 0 Å². The Morgan fingerprint density at radius 3 is 2.94 bits per heavy atom. The second-order valence-electron chi connectivity index (χ2n) is 4.38. The standard InChI is InChI=1S/C14H18N2O/c1-3-4-7-15-14(17)13-9-11-8-10(2)5-6-12(11)16-13/h5-6,8-9,16H,3-4,7H2,1-2H3,(H,15,17). The van der Waals surface area contributed by atoms with E-state index in [-0.39, 0.29) is 5.91 Å². The van der Waals surface area contributed by atoms with Crippen LogP contribution in [0.4, 0.5) is 0 Å². The lowest BCUT2D eigenvalue weighted by atomic mass is 10.2. The van der Waals surface area contributed by atoms with Gasteiger partial charge in [0, 0.05) is 17.4 Å². The molecule has 90 valence electrons. The summed E-state index contributed by atoms with van der Waals surface area (Å²) in [7, 11) is 0. The Hall–Kier alpha value is -1.77. The second kappa shape index (κ2) is 5.04. The van der Waals surface area contributed by atoms with E-state index in [1.54, 1.807) is 0 Å². The van der Waals surface area contributed by atoms with Crippen molar-refractivity contribution >= 4 is 16.8 Å². The quantitative estimate of drug-likeness (QED) is 0.779. The molecule has 17 heavy (non-hydrogen) atoms. The van der Waals surface area contributed by atoms with Crippen molar-refractivity contribution in [3.05, 3.63) is 35.5 Å². The monoisotopic (exact) mass is 230 g/mol. The first-order valence-corrected chi connectivity index (χ1v) is 6.08. The number of hydrogen-bond acceptors (Lipinski definition) is 1. The molecule has 0 atom stereocenters. The SMILES string of the molecule is CCCCNC(=O)c1cc2cc(C)ccc2[nH]1. The summed E-state index contributed by atoms with van der Waals surface area (Å²) in [5.41, 5.74) is 2.85. The molecule has 0 aliphatic rings. The van der Waals surface area contributed by atoms with E-state index in [1.165, 1.54) is 5.56 Å². The number of nitrogens with one attached hydrogen (secondary N) is 2. The third-order valence-electron chi connectivity index (χ3n) is 2.84. The number of carbonyl (C=O) groups is 1. The van der Waals surface area contributed by atoms with Crippen molar-refractivity contribution < 1.29 is 4.79 Å². The summed E-state index contributed by atoms with van der Waals surface area (Å²) in [6.45, 7) is 4.90. The highest BCUT2D eigenvalue weighted by Crippen LogP contribution is 2.16. The van der Waals surface area contributed by atoms with E-state index in [4.69, 9.17) is 0 Å². The Balaban J connectivity index is 2.15. The molecule has 3 heteroatoms. The predicted octanol–water partition coefficient (Wildman–Crippen LogP) is 3.01. The van der Waals surface area contributed by atoms with Gasteiger partial charge in [-0.2, -0.15) is 0 Å². The summed E-state index contributed by atoms with van der Waals surface area (Å²) in [4.78, 5) is 15.0. The number of rotatable bonds is 4. The topological polar surface area (TPSA) is 44.9 Å². The maximum Gasteiger partial charge on any atom is 0.267 e. The van der Waals surface area contributed by atoms with E-state index >= 15 is 0 Å². The van der Waals surface area contributed by atoms with E-state index in [1.807, 2.05) is 25.1 Å². The van der Waals surface area contributed by atoms with Gasteiger partial charge in [-0.25, -0.2) is 0 Å². The van der Waals surface area contributed by atoms with Crippen LogP contribution in [-0.2, 0) is 0 Å². The van der Waals surface area contributed by atoms with Gasteiger partial charge in [0.05, 0.1) is 0 Å². The zero-order valence-corrected chi connectivity index (χ0v) is 10.3. The summed E-state index contributed by atoms with van der Waals surface area (Å²) in [5, 5.41) is 3.99. The first-order chi connectivity index (χ1) is 8.20. The fourth-order valence-electron chi connectivity index (χ4n) is 1.85. The van der Waals surface area contributed by atoms with Gasteiger partial charge in [-0.1, -0.05) is 25.0 Å². The lowest BCUT2D eigenvalue weighted by Gasteiger charge is -2.01. The van der Waals surface area contributed by atoms with Crippen molar-refractivity contribution in [1.82, 2.24) is 10.3 Å². The predicted molar refractivity (Wildman–Crippen MR) is 70.3 cm³/mol. The third-order valence-corrected chi connectivity index (χ3v) is 2.84. The molecule has 0 radical (unpaired) electrons. The molecule has 1 aromatic heterocycles. The largest absolute Gasteiger partial charge is 0.351 e. The molecule has 2 aromatic rings. The summed E-state index contributed by atoms with van der Waals surface area (Å²) < 4.78 is 0. The molecule has 1 aromatic carbocycles. The number of hydrogen-bond donors (Lipinski definition) is 2. The Kier molecular flexibility index (Phi) is 3.47. The smallest absolute Gasteiger partial charge is 0.267 e. The van der Waals surface area contributed by atoms with Crippen LogP contribution in [0.2, 0.25) is 0 Å². The first-order valence-electron chi connectivity index (χ1n) is 6.08. The van der Waals surface area contributed by atoms with Gasteiger partial charge in [0.2, 0.25) is 0 Å². The van der Waals surface area contributed by atoms with Crippen LogP contribution in [0.3, 0.4) is 0 Å². The van der Waals surface area contributed by atoms with E-state index < -0.39 is 0 Å². The van der Waals surface area contributed by atoms with Crippen LogP contribution in [0.25, 0.3) is 10.9 Å². The number of unbranched alkanes of at least 4 members (excludes halogenated alkanes) is 1. The Bertz CT molecular complexity index is 528. The second-order valence-corrected chi connectivity index (χ2v) is 4.38. The van der Waals surface area contributed by atoms with Gasteiger partial charge >= 0.3 is 0 Å². The molecule has 2 N–H and O–H groups in total. The number of fused-ring (bicyclic) bond motifs is 1. The summed E-state index contributed by atoms with van der Waals surface area (Å²) in [6, 6.07) is 8.03. The zero-order chi connectivity index (χ0) is 12.3. The molecular formula is C14H18N2O. The molecule has 0 saturated heterocycles. The third kappa shape index (κ3) is 2.67. The van der Waals surface area contributed by atoms with Crippen LogP contribution in [0.1, 0.15) is 35.8 Å². The van der Waals surface area contributed by atoms with Gasteiger partial charge in [-0.05, 0) is 31.5 Å². The molecule has 0 unspecified atom stereocenters. The average molecular weight is 230 g/mol. The lowest BCUT2D eigenvalue weighted by Crippen LogP contribution is -2.24. The lowest BCUT2D eigenvalue weighted by molar-refractivity contribution is 0.0949. The Morgan fingerprint density at radius 2 is 2.18 bits per heavy atom. The molecule has 0 fully saturated rings. The molecule has 0 aliphatic heterocycles. The maximum absolute atomic E-state index is 11.8. The first kappa shape index (κ1) is 11.7. The van der Waals surface area contributed by atoms with E-state index in [0.717, 1.165) is 30.3 Å². The van der Waals surface area contributed by atoms with Crippen LogP contribution in [-0.4, -0.2) is 17.4 Å². The van der Waals surface area contributed by atoms with Crippen molar-refractivity contribution in [3.8, 4) is 0 Å². The minimum atomic E-state index is -0.0210. The highest BCUT2D eigenvalue weighted by atomic mass is 16.1. The van der Waals surface area contributed by atoms with E-state index in [9.17, 15) is 4.79 Å².